The lowest BCUT2D eigenvalue weighted by Gasteiger charge is -2.12. The molecule has 6 heteroatoms. The van der Waals surface area contributed by atoms with Crippen LogP contribution in [0.1, 0.15) is 31.1 Å². The van der Waals surface area contributed by atoms with Gasteiger partial charge in [-0.1, -0.05) is 35.8 Å². The van der Waals surface area contributed by atoms with Crippen molar-refractivity contribution in [1.82, 2.24) is 14.8 Å². The van der Waals surface area contributed by atoms with Crippen LogP contribution in [0.3, 0.4) is 0 Å². The minimum atomic E-state index is -0.551. The molecule has 20 heavy (non-hydrogen) atoms. The van der Waals surface area contributed by atoms with Crippen LogP contribution in [0.15, 0.2) is 18.2 Å². The summed E-state index contributed by atoms with van der Waals surface area (Å²) >= 11 is 3.35. The standard InChI is InChI=1S/C14H16BrF2N3/c1-9(2)8-20-13(18-19-14(20)7-15)6-10-11(16)4-3-5-12(10)17/h3-5,9H,6-8H2,1-2H3. The molecule has 0 N–H and O–H groups in total. The average Bonchev–Trinajstić information content (AvgIpc) is 2.75. The summed E-state index contributed by atoms with van der Waals surface area (Å²) in [5.74, 6) is 0.643. The SMILES string of the molecule is CC(C)Cn1c(CBr)nnc1Cc1c(F)cccc1F. The fraction of sp³-hybridized carbons (Fsp3) is 0.429. The Bertz CT molecular complexity index is 576. The molecule has 1 aromatic heterocycles. The molecule has 0 saturated carbocycles. The quantitative estimate of drug-likeness (QED) is 0.775. The van der Waals surface area contributed by atoms with Crippen LogP contribution in [-0.2, 0) is 18.3 Å². The van der Waals surface area contributed by atoms with Crippen molar-refractivity contribution in [3.8, 4) is 0 Å². The molecule has 0 radical (unpaired) electrons. The molecular weight excluding hydrogens is 328 g/mol. The Hall–Kier alpha value is -1.30. The second-order valence-electron chi connectivity index (χ2n) is 5.05. The van der Waals surface area contributed by atoms with E-state index in [2.05, 4.69) is 40.0 Å². The zero-order valence-electron chi connectivity index (χ0n) is 11.4. The predicted octanol–water partition coefficient (Wildman–Crippen LogP) is 3.70. The molecule has 0 saturated heterocycles. The lowest BCUT2D eigenvalue weighted by Crippen LogP contribution is -2.12. The van der Waals surface area contributed by atoms with Crippen LogP contribution in [-0.4, -0.2) is 14.8 Å². The molecule has 1 aromatic carbocycles. The van der Waals surface area contributed by atoms with Gasteiger partial charge in [-0.3, -0.25) is 0 Å². The van der Waals surface area contributed by atoms with Crippen LogP contribution in [0.5, 0.6) is 0 Å². The first kappa shape index (κ1) is 15.1. The number of nitrogens with zero attached hydrogens (tertiary/aromatic N) is 3. The molecular formula is C14H16BrF2N3. The molecule has 0 aliphatic heterocycles. The second kappa shape index (κ2) is 6.43. The number of aromatic nitrogens is 3. The average molecular weight is 344 g/mol. The first-order valence-corrected chi connectivity index (χ1v) is 7.54. The third kappa shape index (κ3) is 3.23. The number of benzene rings is 1. The highest BCUT2D eigenvalue weighted by molar-refractivity contribution is 9.08. The van der Waals surface area contributed by atoms with E-state index in [0.29, 0.717) is 17.1 Å². The number of hydrogen-bond donors (Lipinski definition) is 0. The number of rotatable bonds is 5. The van der Waals surface area contributed by atoms with E-state index in [4.69, 9.17) is 0 Å². The van der Waals surface area contributed by atoms with Gasteiger partial charge in [-0.05, 0) is 18.1 Å². The Balaban J connectivity index is 2.36. The predicted molar refractivity (Wildman–Crippen MR) is 76.7 cm³/mol. The van der Waals surface area contributed by atoms with Gasteiger partial charge in [0.05, 0.1) is 5.33 Å². The van der Waals surface area contributed by atoms with Crippen LogP contribution in [0, 0.1) is 17.6 Å². The molecule has 0 aliphatic rings. The van der Waals surface area contributed by atoms with Gasteiger partial charge in [-0.15, -0.1) is 10.2 Å². The Morgan fingerprint density at radius 2 is 1.75 bits per heavy atom. The molecule has 0 fully saturated rings. The van der Waals surface area contributed by atoms with Crippen molar-refractivity contribution in [1.29, 1.82) is 0 Å². The summed E-state index contributed by atoms with van der Waals surface area (Å²) in [6.45, 7) is 4.87. The second-order valence-corrected chi connectivity index (χ2v) is 5.61. The van der Waals surface area contributed by atoms with Gasteiger partial charge in [-0.2, -0.15) is 0 Å². The topological polar surface area (TPSA) is 30.7 Å². The van der Waals surface area contributed by atoms with Gasteiger partial charge in [0, 0.05) is 18.5 Å². The fourth-order valence-electron chi connectivity index (χ4n) is 2.04. The third-order valence-corrected chi connectivity index (χ3v) is 3.47. The summed E-state index contributed by atoms with van der Waals surface area (Å²) in [4.78, 5) is 0. The van der Waals surface area contributed by atoms with Gasteiger partial charge in [0.1, 0.15) is 23.3 Å². The summed E-state index contributed by atoms with van der Waals surface area (Å²) in [7, 11) is 0. The van der Waals surface area contributed by atoms with Gasteiger partial charge in [0.2, 0.25) is 0 Å². The van der Waals surface area contributed by atoms with E-state index in [1.54, 1.807) is 0 Å². The van der Waals surface area contributed by atoms with Gasteiger partial charge in [0.25, 0.3) is 0 Å². The Morgan fingerprint density at radius 1 is 1.15 bits per heavy atom. The Morgan fingerprint density at radius 3 is 2.30 bits per heavy atom. The van der Waals surface area contributed by atoms with E-state index in [1.165, 1.54) is 18.2 Å². The zero-order valence-corrected chi connectivity index (χ0v) is 13.0. The Kier molecular flexibility index (Phi) is 4.86. The number of alkyl halides is 1. The lowest BCUT2D eigenvalue weighted by atomic mass is 10.1. The van der Waals surface area contributed by atoms with Gasteiger partial charge < -0.3 is 4.57 Å². The lowest BCUT2D eigenvalue weighted by molar-refractivity contribution is 0.495. The highest BCUT2D eigenvalue weighted by atomic mass is 79.9. The molecule has 0 spiro atoms. The molecule has 108 valence electrons. The summed E-state index contributed by atoms with van der Waals surface area (Å²) in [5.41, 5.74) is 0.0334. The maximum atomic E-state index is 13.7. The monoisotopic (exact) mass is 343 g/mol. The van der Waals surface area contributed by atoms with Crippen LogP contribution < -0.4 is 0 Å². The molecule has 0 bridgehead atoms. The molecule has 2 rings (SSSR count). The maximum absolute atomic E-state index is 13.7. The molecule has 1 heterocycles. The normalized spacial score (nSPS) is 11.3. The van der Waals surface area contributed by atoms with E-state index < -0.39 is 11.6 Å². The molecule has 3 nitrogen and oxygen atoms in total. The van der Waals surface area contributed by atoms with Crippen LogP contribution in [0.2, 0.25) is 0 Å². The summed E-state index contributed by atoms with van der Waals surface area (Å²) < 4.78 is 29.3. The van der Waals surface area contributed by atoms with Crippen LogP contribution in [0.25, 0.3) is 0 Å². The number of hydrogen-bond acceptors (Lipinski definition) is 2. The van der Waals surface area contributed by atoms with E-state index in [1.807, 2.05) is 4.57 Å². The zero-order chi connectivity index (χ0) is 14.7. The largest absolute Gasteiger partial charge is 0.314 e. The summed E-state index contributed by atoms with van der Waals surface area (Å²) in [6, 6.07) is 3.87. The minimum Gasteiger partial charge on any atom is -0.314 e. The fourth-order valence-corrected chi connectivity index (χ4v) is 2.45. The molecule has 0 atom stereocenters. The van der Waals surface area contributed by atoms with Crippen molar-refractivity contribution in [2.45, 2.75) is 32.1 Å². The van der Waals surface area contributed by atoms with Crippen LogP contribution in [0.4, 0.5) is 8.78 Å². The van der Waals surface area contributed by atoms with Gasteiger partial charge >= 0.3 is 0 Å². The Labute approximate surface area is 125 Å². The summed E-state index contributed by atoms with van der Waals surface area (Å²) in [5, 5.41) is 8.69. The van der Waals surface area contributed by atoms with Crippen molar-refractivity contribution in [3.05, 3.63) is 47.0 Å². The van der Waals surface area contributed by atoms with E-state index in [9.17, 15) is 8.78 Å². The highest BCUT2D eigenvalue weighted by Gasteiger charge is 2.16. The molecule has 0 aliphatic carbocycles. The maximum Gasteiger partial charge on any atom is 0.143 e. The van der Waals surface area contributed by atoms with Crippen LogP contribution >= 0.6 is 15.9 Å². The molecule has 2 aromatic rings. The van der Waals surface area contributed by atoms with Crippen molar-refractivity contribution >= 4 is 15.9 Å². The summed E-state index contributed by atoms with van der Waals surface area (Å²) in [6.07, 6.45) is 0.102. The van der Waals surface area contributed by atoms with Crippen molar-refractivity contribution < 1.29 is 8.78 Å². The van der Waals surface area contributed by atoms with Crippen molar-refractivity contribution in [2.24, 2.45) is 5.92 Å². The van der Waals surface area contributed by atoms with Gasteiger partial charge in [0.15, 0.2) is 0 Å². The van der Waals surface area contributed by atoms with Crippen molar-refractivity contribution in [3.63, 3.8) is 0 Å². The van der Waals surface area contributed by atoms with E-state index in [0.717, 1.165) is 12.4 Å². The number of halogens is 3. The smallest absolute Gasteiger partial charge is 0.143 e. The van der Waals surface area contributed by atoms with E-state index in [-0.39, 0.29) is 12.0 Å². The van der Waals surface area contributed by atoms with Crippen molar-refractivity contribution in [2.75, 3.05) is 0 Å². The molecule has 0 unspecified atom stereocenters. The highest BCUT2D eigenvalue weighted by Crippen LogP contribution is 2.18. The van der Waals surface area contributed by atoms with E-state index >= 15 is 0 Å². The molecule has 0 amide bonds. The van der Waals surface area contributed by atoms with Gasteiger partial charge in [-0.25, -0.2) is 8.78 Å². The third-order valence-electron chi connectivity index (χ3n) is 2.97. The minimum absolute atomic E-state index is 0.0334. The first-order valence-electron chi connectivity index (χ1n) is 6.42. The first-order chi connectivity index (χ1) is 9.52.